The lowest BCUT2D eigenvalue weighted by molar-refractivity contribution is -0.118. The Morgan fingerprint density at radius 1 is 1.38 bits per heavy atom. The van der Waals surface area contributed by atoms with Crippen LogP contribution in [0, 0.1) is 0 Å². The summed E-state index contributed by atoms with van der Waals surface area (Å²) in [4.78, 5) is 14.6. The number of methoxy groups -OCH3 is 1. The molecular weight excluding hydrogens is 266 g/mol. The highest BCUT2D eigenvalue weighted by atomic mass is 16.5. The van der Waals surface area contributed by atoms with E-state index in [4.69, 9.17) is 10.5 Å². The Kier molecular flexibility index (Phi) is 5.07. The van der Waals surface area contributed by atoms with Crippen molar-refractivity contribution in [1.82, 2.24) is 4.90 Å². The molecule has 1 fully saturated rings. The van der Waals surface area contributed by atoms with Crippen molar-refractivity contribution < 1.29 is 9.53 Å². The van der Waals surface area contributed by atoms with Crippen molar-refractivity contribution in [2.24, 2.45) is 0 Å². The summed E-state index contributed by atoms with van der Waals surface area (Å²) in [6.45, 7) is 4.77. The van der Waals surface area contributed by atoms with Gasteiger partial charge in [0.25, 0.3) is 0 Å². The third-order valence-electron chi connectivity index (χ3n) is 4.20. The number of piperidine rings is 1. The van der Waals surface area contributed by atoms with Crippen LogP contribution in [0.5, 0.6) is 5.75 Å². The number of nitrogen functional groups attached to an aromatic ring is 1. The van der Waals surface area contributed by atoms with Gasteiger partial charge in [-0.05, 0) is 44.9 Å². The number of hydrogen-bond acceptors (Lipinski definition) is 4. The van der Waals surface area contributed by atoms with Crippen LogP contribution in [0.15, 0.2) is 18.2 Å². The Morgan fingerprint density at radius 3 is 2.67 bits per heavy atom. The maximum Gasteiger partial charge on any atom is 0.238 e. The number of carbonyl (C=O) groups excluding carboxylic acids is 1. The van der Waals surface area contributed by atoms with Crippen LogP contribution < -0.4 is 15.8 Å². The van der Waals surface area contributed by atoms with Gasteiger partial charge in [0, 0.05) is 17.8 Å². The SMILES string of the molecule is COc1ccc(N)cc1NC(=O)CN1[C@H](C)CCC[C@@H]1C. The first-order valence-electron chi connectivity index (χ1n) is 7.50. The van der Waals surface area contributed by atoms with E-state index in [-0.39, 0.29) is 5.91 Å². The van der Waals surface area contributed by atoms with Crippen molar-refractivity contribution in [1.29, 1.82) is 0 Å². The normalized spacial score (nSPS) is 22.8. The van der Waals surface area contributed by atoms with E-state index in [0.29, 0.717) is 35.8 Å². The molecule has 1 aliphatic heterocycles. The third-order valence-corrected chi connectivity index (χ3v) is 4.20. The molecule has 1 amide bonds. The van der Waals surface area contributed by atoms with Crippen LogP contribution in [-0.2, 0) is 4.79 Å². The lowest BCUT2D eigenvalue weighted by Gasteiger charge is -2.38. The Labute approximate surface area is 126 Å². The van der Waals surface area contributed by atoms with Gasteiger partial charge in [-0.25, -0.2) is 0 Å². The van der Waals surface area contributed by atoms with E-state index in [9.17, 15) is 4.79 Å². The number of nitrogens with two attached hydrogens (primary N) is 1. The molecule has 0 aromatic heterocycles. The molecule has 0 unspecified atom stereocenters. The molecular formula is C16H25N3O2. The Balaban J connectivity index is 2.03. The second-order valence-electron chi connectivity index (χ2n) is 5.81. The van der Waals surface area contributed by atoms with Crippen LogP contribution in [0.4, 0.5) is 11.4 Å². The van der Waals surface area contributed by atoms with Crippen LogP contribution in [-0.4, -0.2) is 36.5 Å². The molecule has 3 N–H and O–H groups in total. The second kappa shape index (κ2) is 6.80. The molecule has 0 radical (unpaired) electrons. The molecule has 2 rings (SSSR count). The topological polar surface area (TPSA) is 67.6 Å². The highest BCUT2D eigenvalue weighted by molar-refractivity contribution is 5.94. The van der Waals surface area contributed by atoms with Crippen LogP contribution in [0.3, 0.4) is 0 Å². The van der Waals surface area contributed by atoms with E-state index in [0.717, 1.165) is 12.8 Å². The molecule has 1 aromatic rings. The lowest BCUT2D eigenvalue weighted by Crippen LogP contribution is -2.47. The smallest absolute Gasteiger partial charge is 0.238 e. The fraction of sp³-hybridized carbons (Fsp3) is 0.562. The molecule has 1 heterocycles. The van der Waals surface area contributed by atoms with Crippen LogP contribution >= 0.6 is 0 Å². The van der Waals surface area contributed by atoms with Gasteiger partial charge in [0.05, 0.1) is 19.3 Å². The molecule has 1 aromatic carbocycles. The minimum absolute atomic E-state index is 0.0282. The van der Waals surface area contributed by atoms with Gasteiger partial charge in [0.2, 0.25) is 5.91 Å². The van der Waals surface area contributed by atoms with Crippen molar-refractivity contribution >= 4 is 17.3 Å². The molecule has 5 nitrogen and oxygen atoms in total. The Hall–Kier alpha value is -1.75. The van der Waals surface area contributed by atoms with E-state index in [1.807, 2.05) is 0 Å². The van der Waals surface area contributed by atoms with E-state index in [2.05, 4.69) is 24.1 Å². The molecule has 0 spiro atoms. The summed E-state index contributed by atoms with van der Waals surface area (Å²) >= 11 is 0. The number of hydrogen-bond donors (Lipinski definition) is 2. The summed E-state index contributed by atoms with van der Waals surface area (Å²) in [5.41, 5.74) is 7.00. The molecule has 2 atom stereocenters. The van der Waals surface area contributed by atoms with Crippen LogP contribution in [0.25, 0.3) is 0 Å². The van der Waals surface area contributed by atoms with Gasteiger partial charge in [0.15, 0.2) is 0 Å². The largest absolute Gasteiger partial charge is 0.495 e. The zero-order valence-electron chi connectivity index (χ0n) is 13.1. The maximum atomic E-state index is 12.3. The van der Waals surface area contributed by atoms with Crippen molar-refractivity contribution in [3.8, 4) is 5.75 Å². The van der Waals surface area contributed by atoms with Gasteiger partial charge in [-0.1, -0.05) is 6.42 Å². The van der Waals surface area contributed by atoms with E-state index < -0.39 is 0 Å². The number of likely N-dealkylation sites (tertiary alicyclic amines) is 1. The summed E-state index contributed by atoms with van der Waals surface area (Å²) in [5, 5.41) is 2.91. The molecule has 116 valence electrons. The first kappa shape index (κ1) is 15.6. The Bertz CT molecular complexity index is 494. The van der Waals surface area contributed by atoms with Gasteiger partial charge >= 0.3 is 0 Å². The predicted molar refractivity (Wildman–Crippen MR) is 85.5 cm³/mol. The Morgan fingerprint density at radius 2 is 2.05 bits per heavy atom. The summed E-state index contributed by atoms with van der Waals surface area (Å²) in [6, 6.07) is 6.13. The first-order valence-corrected chi connectivity index (χ1v) is 7.50. The molecule has 0 saturated carbocycles. The van der Waals surface area contributed by atoms with Crippen molar-refractivity contribution in [3.05, 3.63) is 18.2 Å². The number of rotatable bonds is 4. The van der Waals surface area contributed by atoms with E-state index >= 15 is 0 Å². The number of anilines is 2. The highest BCUT2D eigenvalue weighted by Gasteiger charge is 2.26. The fourth-order valence-electron chi connectivity index (χ4n) is 2.97. The van der Waals surface area contributed by atoms with Crippen LogP contribution in [0.2, 0.25) is 0 Å². The minimum atomic E-state index is -0.0282. The van der Waals surface area contributed by atoms with Crippen LogP contribution in [0.1, 0.15) is 33.1 Å². The number of nitrogens with zero attached hydrogens (tertiary/aromatic N) is 1. The first-order chi connectivity index (χ1) is 10.0. The summed E-state index contributed by atoms with van der Waals surface area (Å²) in [7, 11) is 1.58. The van der Waals surface area contributed by atoms with Gasteiger partial charge in [0.1, 0.15) is 5.75 Å². The molecule has 0 bridgehead atoms. The summed E-state index contributed by atoms with van der Waals surface area (Å²) in [5.74, 6) is 0.594. The number of nitrogens with one attached hydrogen (secondary N) is 1. The quantitative estimate of drug-likeness (QED) is 0.836. The molecule has 0 aliphatic carbocycles. The van der Waals surface area contributed by atoms with Gasteiger partial charge in [-0.2, -0.15) is 0 Å². The number of carbonyl (C=O) groups is 1. The monoisotopic (exact) mass is 291 g/mol. The highest BCUT2D eigenvalue weighted by Crippen LogP contribution is 2.27. The minimum Gasteiger partial charge on any atom is -0.495 e. The number of benzene rings is 1. The zero-order valence-corrected chi connectivity index (χ0v) is 13.1. The molecule has 1 saturated heterocycles. The number of ether oxygens (including phenoxy) is 1. The van der Waals surface area contributed by atoms with E-state index in [1.165, 1.54) is 6.42 Å². The lowest BCUT2D eigenvalue weighted by atomic mass is 9.97. The van der Waals surface area contributed by atoms with Crippen molar-refractivity contribution in [2.45, 2.75) is 45.2 Å². The zero-order chi connectivity index (χ0) is 15.4. The average molecular weight is 291 g/mol. The van der Waals surface area contributed by atoms with Crippen molar-refractivity contribution in [3.63, 3.8) is 0 Å². The molecule has 5 heteroatoms. The molecule has 21 heavy (non-hydrogen) atoms. The van der Waals surface area contributed by atoms with Gasteiger partial charge < -0.3 is 15.8 Å². The predicted octanol–water partition coefficient (Wildman–Crippen LogP) is 2.48. The maximum absolute atomic E-state index is 12.3. The number of amides is 1. The second-order valence-corrected chi connectivity index (χ2v) is 5.81. The van der Waals surface area contributed by atoms with E-state index in [1.54, 1.807) is 25.3 Å². The average Bonchev–Trinajstić information content (AvgIpc) is 2.43. The fourth-order valence-corrected chi connectivity index (χ4v) is 2.97. The van der Waals surface area contributed by atoms with Gasteiger partial charge in [-0.3, -0.25) is 9.69 Å². The summed E-state index contributed by atoms with van der Waals surface area (Å²) < 4.78 is 5.25. The van der Waals surface area contributed by atoms with Gasteiger partial charge in [-0.15, -0.1) is 0 Å². The summed E-state index contributed by atoms with van der Waals surface area (Å²) in [6.07, 6.45) is 3.54. The molecule has 1 aliphatic rings. The third kappa shape index (κ3) is 3.88. The van der Waals surface area contributed by atoms with Crippen molar-refractivity contribution in [2.75, 3.05) is 24.7 Å². The standard InChI is InChI=1S/C16H25N3O2/c1-11-5-4-6-12(2)19(11)10-16(20)18-14-9-13(17)7-8-15(14)21-3/h7-9,11-12H,4-6,10,17H2,1-3H3,(H,18,20)/t11-,12+.